The molecule has 2 rings (SSSR count). The summed E-state index contributed by atoms with van der Waals surface area (Å²) >= 11 is 1.67. The molecule has 0 radical (unpaired) electrons. The second-order valence-electron chi connectivity index (χ2n) is 3.40. The third-order valence-corrected chi connectivity index (χ3v) is 3.22. The lowest BCUT2D eigenvalue weighted by Gasteiger charge is -2.08. The van der Waals surface area contributed by atoms with Gasteiger partial charge >= 0.3 is 0 Å². The van der Waals surface area contributed by atoms with Crippen molar-refractivity contribution in [1.82, 2.24) is 15.3 Å². The van der Waals surface area contributed by atoms with Gasteiger partial charge in [-0.25, -0.2) is 9.97 Å². The van der Waals surface area contributed by atoms with Crippen molar-refractivity contribution in [3.63, 3.8) is 0 Å². The Labute approximate surface area is 92.4 Å². The van der Waals surface area contributed by atoms with Crippen LogP contribution < -0.4 is 5.32 Å². The average Bonchev–Trinajstić information content (AvgIpc) is 2.84. The molecule has 15 heavy (non-hydrogen) atoms. The third-order valence-electron chi connectivity index (χ3n) is 2.07. The molecule has 1 N–H and O–H groups in total. The molecule has 2 aromatic heterocycles. The van der Waals surface area contributed by atoms with Crippen LogP contribution >= 0.6 is 11.3 Å². The lowest BCUT2D eigenvalue weighted by Crippen LogP contribution is -2.17. The Morgan fingerprint density at radius 1 is 1.60 bits per heavy atom. The first-order valence-electron chi connectivity index (χ1n) is 4.78. The lowest BCUT2D eigenvalue weighted by atomic mass is 10.3. The molecule has 0 spiro atoms. The normalized spacial score (nSPS) is 12.9. The number of rotatable bonds is 4. The minimum atomic E-state index is 0.244. The van der Waals surface area contributed by atoms with Crippen molar-refractivity contribution in [2.75, 3.05) is 0 Å². The fraction of sp³-hybridized carbons (Fsp3) is 0.400. The highest BCUT2D eigenvalue weighted by atomic mass is 32.1. The van der Waals surface area contributed by atoms with Gasteiger partial charge in [-0.2, -0.15) is 0 Å². The maximum absolute atomic E-state index is 5.13. The van der Waals surface area contributed by atoms with Crippen LogP contribution in [0.5, 0.6) is 0 Å². The molecule has 0 fully saturated rings. The monoisotopic (exact) mass is 223 g/mol. The Bertz CT molecular complexity index is 410. The third kappa shape index (κ3) is 2.64. The second kappa shape index (κ2) is 4.55. The molecule has 1 unspecified atom stereocenters. The minimum Gasteiger partial charge on any atom is -0.447 e. The zero-order chi connectivity index (χ0) is 10.7. The number of thiazole rings is 1. The van der Waals surface area contributed by atoms with E-state index in [4.69, 9.17) is 4.42 Å². The van der Waals surface area contributed by atoms with Gasteiger partial charge in [-0.05, 0) is 13.8 Å². The van der Waals surface area contributed by atoms with Crippen molar-refractivity contribution in [2.45, 2.75) is 26.4 Å². The van der Waals surface area contributed by atoms with Crippen LogP contribution in [0.15, 0.2) is 22.4 Å². The van der Waals surface area contributed by atoms with Crippen LogP contribution in [0.25, 0.3) is 0 Å². The van der Waals surface area contributed by atoms with Crippen molar-refractivity contribution in [3.05, 3.63) is 34.4 Å². The molecular weight excluding hydrogens is 210 g/mol. The van der Waals surface area contributed by atoms with Crippen molar-refractivity contribution in [1.29, 1.82) is 0 Å². The smallest absolute Gasteiger partial charge is 0.180 e. The van der Waals surface area contributed by atoms with Gasteiger partial charge in [-0.15, -0.1) is 11.3 Å². The SMILES string of the molecule is Cc1csc(C(C)NCc2cnco2)n1. The van der Waals surface area contributed by atoms with Gasteiger partial charge in [0.2, 0.25) is 0 Å². The van der Waals surface area contributed by atoms with E-state index in [0.717, 1.165) is 16.5 Å². The molecule has 0 amide bonds. The molecule has 0 aliphatic heterocycles. The van der Waals surface area contributed by atoms with Gasteiger partial charge in [-0.1, -0.05) is 0 Å². The highest BCUT2D eigenvalue weighted by molar-refractivity contribution is 7.09. The van der Waals surface area contributed by atoms with Crippen LogP contribution in [-0.2, 0) is 6.54 Å². The Kier molecular flexibility index (Phi) is 3.13. The van der Waals surface area contributed by atoms with E-state index >= 15 is 0 Å². The predicted molar refractivity (Wildman–Crippen MR) is 58.6 cm³/mol. The summed E-state index contributed by atoms with van der Waals surface area (Å²) < 4.78 is 5.13. The largest absolute Gasteiger partial charge is 0.447 e. The summed E-state index contributed by atoms with van der Waals surface area (Å²) in [5.74, 6) is 0.843. The summed E-state index contributed by atoms with van der Waals surface area (Å²) in [6.07, 6.45) is 3.15. The van der Waals surface area contributed by atoms with E-state index in [9.17, 15) is 0 Å². The fourth-order valence-electron chi connectivity index (χ4n) is 1.24. The Hall–Kier alpha value is -1.20. The fourth-order valence-corrected chi connectivity index (χ4v) is 2.07. The number of nitrogens with zero attached hydrogens (tertiary/aromatic N) is 2. The van der Waals surface area contributed by atoms with E-state index < -0.39 is 0 Å². The number of aryl methyl sites for hydroxylation is 1. The van der Waals surface area contributed by atoms with E-state index in [1.807, 2.05) is 6.92 Å². The van der Waals surface area contributed by atoms with Crippen molar-refractivity contribution >= 4 is 11.3 Å². The summed E-state index contributed by atoms with van der Waals surface area (Å²) in [5.41, 5.74) is 1.07. The maximum Gasteiger partial charge on any atom is 0.180 e. The van der Waals surface area contributed by atoms with E-state index in [1.54, 1.807) is 17.5 Å². The van der Waals surface area contributed by atoms with Crippen LogP contribution in [0.4, 0.5) is 0 Å². The Balaban J connectivity index is 1.90. The van der Waals surface area contributed by atoms with E-state index in [2.05, 4.69) is 27.6 Å². The molecule has 0 aromatic carbocycles. The molecular formula is C10H13N3OS. The second-order valence-corrected chi connectivity index (χ2v) is 4.29. The molecule has 80 valence electrons. The lowest BCUT2D eigenvalue weighted by molar-refractivity contribution is 0.457. The minimum absolute atomic E-state index is 0.244. The summed E-state index contributed by atoms with van der Waals surface area (Å²) in [6.45, 7) is 4.78. The van der Waals surface area contributed by atoms with Crippen LogP contribution in [0.2, 0.25) is 0 Å². The quantitative estimate of drug-likeness (QED) is 0.864. The number of oxazole rings is 1. The zero-order valence-electron chi connectivity index (χ0n) is 8.73. The number of hydrogen-bond acceptors (Lipinski definition) is 5. The highest BCUT2D eigenvalue weighted by Gasteiger charge is 2.09. The molecule has 2 aromatic rings. The average molecular weight is 223 g/mol. The molecule has 0 aliphatic rings. The number of nitrogens with one attached hydrogen (secondary N) is 1. The summed E-state index contributed by atoms with van der Waals surface area (Å²) in [6, 6.07) is 0.244. The van der Waals surface area contributed by atoms with Gasteiger partial charge in [0.05, 0.1) is 18.8 Å². The molecule has 0 saturated carbocycles. The molecule has 0 saturated heterocycles. The van der Waals surface area contributed by atoms with E-state index in [0.29, 0.717) is 6.54 Å². The van der Waals surface area contributed by atoms with E-state index in [1.165, 1.54) is 6.39 Å². The van der Waals surface area contributed by atoms with Gasteiger partial charge in [0.25, 0.3) is 0 Å². The Morgan fingerprint density at radius 3 is 3.07 bits per heavy atom. The summed E-state index contributed by atoms with van der Waals surface area (Å²) in [7, 11) is 0. The molecule has 0 bridgehead atoms. The standard InChI is InChI=1S/C10H13N3OS/c1-7-5-15-10(13-7)8(2)12-4-9-3-11-6-14-9/h3,5-6,8,12H,4H2,1-2H3. The van der Waals surface area contributed by atoms with Crippen LogP contribution in [0.3, 0.4) is 0 Å². The molecule has 0 aliphatic carbocycles. The summed E-state index contributed by atoms with van der Waals surface area (Å²) in [4.78, 5) is 8.28. The van der Waals surface area contributed by atoms with Gasteiger partial charge in [0, 0.05) is 11.1 Å². The molecule has 1 atom stereocenters. The molecule has 5 heteroatoms. The molecule has 4 nitrogen and oxygen atoms in total. The van der Waals surface area contributed by atoms with Crippen LogP contribution in [0, 0.1) is 6.92 Å². The van der Waals surface area contributed by atoms with E-state index in [-0.39, 0.29) is 6.04 Å². The first-order chi connectivity index (χ1) is 7.25. The Morgan fingerprint density at radius 2 is 2.47 bits per heavy atom. The number of hydrogen-bond donors (Lipinski definition) is 1. The number of aromatic nitrogens is 2. The maximum atomic E-state index is 5.13. The first-order valence-corrected chi connectivity index (χ1v) is 5.66. The zero-order valence-corrected chi connectivity index (χ0v) is 9.54. The van der Waals surface area contributed by atoms with Gasteiger partial charge in [0.15, 0.2) is 6.39 Å². The van der Waals surface area contributed by atoms with Gasteiger partial charge in [-0.3, -0.25) is 0 Å². The van der Waals surface area contributed by atoms with Crippen molar-refractivity contribution in [2.24, 2.45) is 0 Å². The summed E-state index contributed by atoms with van der Waals surface area (Å²) in [5, 5.41) is 6.49. The van der Waals surface area contributed by atoms with Crippen molar-refractivity contribution < 1.29 is 4.42 Å². The van der Waals surface area contributed by atoms with Crippen LogP contribution in [-0.4, -0.2) is 9.97 Å². The highest BCUT2D eigenvalue weighted by Crippen LogP contribution is 2.17. The van der Waals surface area contributed by atoms with Gasteiger partial charge < -0.3 is 9.73 Å². The molecule has 2 heterocycles. The van der Waals surface area contributed by atoms with Crippen LogP contribution in [0.1, 0.15) is 29.4 Å². The van der Waals surface area contributed by atoms with Crippen molar-refractivity contribution in [3.8, 4) is 0 Å². The van der Waals surface area contributed by atoms with Gasteiger partial charge in [0.1, 0.15) is 10.8 Å². The first kappa shape index (κ1) is 10.3. The predicted octanol–water partition coefficient (Wildman–Crippen LogP) is 2.29. The topological polar surface area (TPSA) is 51.0 Å².